The van der Waals surface area contributed by atoms with Crippen molar-refractivity contribution in [2.24, 2.45) is 5.92 Å². The molecule has 3 heteroatoms. The first-order valence-corrected chi connectivity index (χ1v) is 5.41. The predicted octanol–water partition coefficient (Wildman–Crippen LogP) is 2.26. The maximum absolute atomic E-state index is 11.5. The van der Waals surface area contributed by atoms with Crippen molar-refractivity contribution in [3.63, 3.8) is 0 Å². The monoisotopic (exact) mass is 203 g/mol. The van der Waals surface area contributed by atoms with Crippen LogP contribution < -0.4 is 0 Å². The minimum atomic E-state index is 0.0512. The maximum Gasteiger partial charge on any atom is 0.222 e. The molecule has 1 rings (SSSR count). The van der Waals surface area contributed by atoms with E-state index < -0.39 is 0 Å². The van der Waals surface area contributed by atoms with E-state index in [1.54, 1.807) is 4.90 Å². The Morgan fingerprint density at radius 3 is 2.62 bits per heavy atom. The second-order valence-corrected chi connectivity index (χ2v) is 4.80. The fourth-order valence-corrected chi connectivity index (χ4v) is 1.79. The Kier molecular flexibility index (Phi) is 4.04. The van der Waals surface area contributed by atoms with Crippen LogP contribution in [0.2, 0.25) is 0 Å². The molecule has 1 fully saturated rings. The number of hydrogen-bond donors (Lipinski definition) is 0. The highest BCUT2D eigenvalue weighted by Gasteiger charge is 2.22. The first-order valence-electron chi connectivity index (χ1n) is 4.97. The maximum atomic E-state index is 11.5. The molecule has 1 aliphatic rings. The van der Waals surface area contributed by atoms with E-state index in [4.69, 9.17) is 11.6 Å². The van der Waals surface area contributed by atoms with Crippen LogP contribution in [0.1, 0.15) is 32.6 Å². The highest BCUT2D eigenvalue weighted by Crippen LogP contribution is 2.29. The predicted molar refractivity (Wildman–Crippen MR) is 54.9 cm³/mol. The summed E-state index contributed by atoms with van der Waals surface area (Å²) in [5, 5.41) is 0.0512. The molecule has 1 unspecified atom stereocenters. The minimum Gasteiger partial charge on any atom is -0.344 e. The quantitative estimate of drug-likeness (QED) is 0.642. The Balaban J connectivity index is 2.20. The molecule has 2 nitrogen and oxygen atoms in total. The summed E-state index contributed by atoms with van der Waals surface area (Å²) in [6, 6.07) is 0. The van der Waals surface area contributed by atoms with Crippen LogP contribution in [0.4, 0.5) is 0 Å². The van der Waals surface area contributed by atoms with Gasteiger partial charge in [-0.3, -0.25) is 4.79 Å². The Morgan fingerprint density at radius 2 is 2.23 bits per heavy atom. The van der Waals surface area contributed by atoms with Gasteiger partial charge < -0.3 is 4.90 Å². The summed E-state index contributed by atoms with van der Waals surface area (Å²) in [7, 11) is 1.83. The van der Waals surface area contributed by atoms with Gasteiger partial charge in [-0.05, 0) is 25.7 Å². The van der Waals surface area contributed by atoms with Gasteiger partial charge in [-0.25, -0.2) is 0 Å². The number of alkyl halides is 1. The lowest BCUT2D eigenvalue weighted by Crippen LogP contribution is -2.33. The average Bonchev–Trinajstić information content (AvgIpc) is 1.94. The second kappa shape index (κ2) is 4.85. The molecule has 0 aromatic heterocycles. The van der Waals surface area contributed by atoms with Crippen molar-refractivity contribution in [3.8, 4) is 0 Å². The van der Waals surface area contributed by atoms with Crippen LogP contribution in [0.15, 0.2) is 0 Å². The molecule has 0 aromatic carbocycles. The Labute approximate surface area is 85.2 Å². The summed E-state index contributed by atoms with van der Waals surface area (Å²) in [5.74, 6) is 0.901. The Bertz CT molecular complexity index is 178. The lowest BCUT2D eigenvalue weighted by Gasteiger charge is -2.27. The van der Waals surface area contributed by atoms with Crippen molar-refractivity contribution in [1.82, 2.24) is 4.90 Å². The Morgan fingerprint density at radius 1 is 1.62 bits per heavy atom. The molecule has 0 saturated heterocycles. The summed E-state index contributed by atoms with van der Waals surface area (Å²) in [6.07, 6.45) is 4.49. The third-order valence-corrected chi connectivity index (χ3v) is 2.78. The molecule has 0 spiro atoms. The smallest absolute Gasteiger partial charge is 0.222 e. The number of carbonyl (C=O) groups excluding carboxylic acids is 1. The zero-order chi connectivity index (χ0) is 9.84. The van der Waals surface area contributed by atoms with Crippen molar-refractivity contribution in [2.75, 3.05) is 13.6 Å². The van der Waals surface area contributed by atoms with Gasteiger partial charge >= 0.3 is 0 Å². The van der Waals surface area contributed by atoms with Gasteiger partial charge in [0.05, 0.1) is 0 Å². The molecule has 1 aliphatic carbocycles. The topological polar surface area (TPSA) is 20.3 Å². The molecular formula is C10H18ClNO. The zero-order valence-corrected chi connectivity index (χ0v) is 9.18. The van der Waals surface area contributed by atoms with Crippen LogP contribution in [0.3, 0.4) is 0 Å². The summed E-state index contributed by atoms with van der Waals surface area (Å²) < 4.78 is 0. The van der Waals surface area contributed by atoms with E-state index in [2.05, 4.69) is 0 Å². The molecule has 0 bridgehead atoms. The van der Waals surface area contributed by atoms with Crippen LogP contribution in [0, 0.1) is 5.92 Å². The molecule has 1 saturated carbocycles. The molecule has 76 valence electrons. The van der Waals surface area contributed by atoms with Gasteiger partial charge in [0, 0.05) is 25.4 Å². The third-order valence-electron chi connectivity index (χ3n) is 2.64. The normalized spacial score (nSPS) is 19.3. The van der Waals surface area contributed by atoms with Gasteiger partial charge in [-0.1, -0.05) is 6.42 Å². The van der Waals surface area contributed by atoms with Crippen molar-refractivity contribution < 1.29 is 4.79 Å². The van der Waals surface area contributed by atoms with Crippen LogP contribution in [0.25, 0.3) is 0 Å². The van der Waals surface area contributed by atoms with E-state index in [0.29, 0.717) is 12.5 Å². The summed E-state index contributed by atoms with van der Waals surface area (Å²) in [5.41, 5.74) is 0. The largest absolute Gasteiger partial charge is 0.344 e. The summed E-state index contributed by atoms with van der Waals surface area (Å²) in [6.45, 7) is 2.57. The molecule has 1 amide bonds. The van der Waals surface area contributed by atoms with Gasteiger partial charge in [-0.2, -0.15) is 0 Å². The number of rotatable bonds is 4. The molecule has 1 atom stereocenters. The first kappa shape index (κ1) is 10.8. The van der Waals surface area contributed by atoms with Crippen molar-refractivity contribution >= 4 is 17.5 Å². The standard InChI is InChI=1S/C10H18ClNO/c1-8(11)7-12(2)10(13)6-9-4-3-5-9/h8-9H,3-7H2,1-2H3. The highest BCUT2D eigenvalue weighted by molar-refractivity contribution is 6.20. The van der Waals surface area contributed by atoms with Gasteiger partial charge in [0.2, 0.25) is 5.91 Å². The number of halogens is 1. The lowest BCUT2D eigenvalue weighted by molar-refractivity contribution is -0.131. The van der Waals surface area contributed by atoms with E-state index in [-0.39, 0.29) is 11.3 Å². The van der Waals surface area contributed by atoms with Gasteiger partial charge in [0.25, 0.3) is 0 Å². The van der Waals surface area contributed by atoms with Crippen molar-refractivity contribution in [3.05, 3.63) is 0 Å². The molecule has 0 aromatic rings. The van der Waals surface area contributed by atoms with Crippen molar-refractivity contribution in [1.29, 1.82) is 0 Å². The SMILES string of the molecule is CC(Cl)CN(C)C(=O)CC1CCC1. The van der Waals surface area contributed by atoms with E-state index in [1.165, 1.54) is 19.3 Å². The fraction of sp³-hybridized carbons (Fsp3) is 0.900. The molecular weight excluding hydrogens is 186 g/mol. The first-order chi connectivity index (χ1) is 6.09. The third kappa shape index (κ3) is 3.55. The van der Waals surface area contributed by atoms with Gasteiger partial charge in [0.1, 0.15) is 0 Å². The summed E-state index contributed by atoms with van der Waals surface area (Å²) in [4.78, 5) is 13.3. The molecule has 13 heavy (non-hydrogen) atoms. The Hall–Kier alpha value is -0.240. The number of amides is 1. The van der Waals surface area contributed by atoms with Crippen LogP contribution in [-0.4, -0.2) is 29.8 Å². The zero-order valence-electron chi connectivity index (χ0n) is 8.42. The molecule has 0 heterocycles. The van der Waals surface area contributed by atoms with Crippen molar-refractivity contribution in [2.45, 2.75) is 38.0 Å². The van der Waals surface area contributed by atoms with Gasteiger partial charge in [-0.15, -0.1) is 11.6 Å². The molecule has 0 aliphatic heterocycles. The number of carbonyl (C=O) groups is 1. The second-order valence-electron chi connectivity index (χ2n) is 4.06. The van der Waals surface area contributed by atoms with Crippen LogP contribution in [-0.2, 0) is 4.79 Å². The average molecular weight is 204 g/mol. The fourth-order valence-electron chi connectivity index (χ4n) is 1.58. The van der Waals surface area contributed by atoms with E-state index in [0.717, 1.165) is 6.42 Å². The minimum absolute atomic E-state index is 0.0512. The lowest BCUT2D eigenvalue weighted by atomic mass is 9.83. The van der Waals surface area contributed by atoms with E-state index >= 15 is 0 Å². The highest BCUT2D eigenvalue weighted by atomic mass is 35.5. The summed E-state index contributed by atoms with van der Waals surface area (Å²) >= 11 is 5.81. The van der Waals surface area contributed by atoms with E-state index in [9.17, 15) is 4.79 Å². The van der Waals surface area contributed by atoms with Gasteiger partial charge in [0.15, 0.2) is 0 Å². The van der Waals surface area contributed by atoms with Crippen LogP contribution in [0.5, 0.6) is 0 Å². The molecule has 0 radical (unpaired) electrons. The van der Waals surface area contributed by atoms with Crippen LogP contribution >= 0.6 is 11.6 Å². The molecule has 0 N–H and O–H groups in total. The number of nitrogens with zero attached hydrogens (tertiary/aromatic N) is 1. The van der Waals surface area contributed by atoms with E-state index in [1.807, 2.05) is 14.0 Å². The number of hydrogen-bond acceptors (Lipinski definition) is 1.